The Kier molecular flexibility index (Phi) is 5.64. The Bertz CT molecular complexity index is 1600. The van der Waals surface area contributed by atoms with Gasteiger partial charge in [-0.1, -0.05) is 55.5 Å². The molecule has 0 radical (unpaired) electrons. The van der Waals surface area contributed by atoms with Crippen molar-refractivity contribution in [3.05, 3.63) is 89.6 Å². The molecule has 1 atom stereocenters. The van der Waals surface area contributed by atoms with E-state index < -0.39 is 12.1 Å². The predicted octanol–water partition coefficient (Wildman–Crippen LogP) is 6.34. The van der Waals surface area contributed by atoms with Crippen LogP contribution in [0.25, 0.3) is 33.3 Å². The summed E-state index contributed by atoms with van der Waals surface area (Å²) in [5, 5.41) is 1.13. The van der Waals surface area contributed by atoms with Gasteiger partial charge in [-0.15, -0.1) is 0 Å². The Morgan fingerprint density at radius 2 is 1.78 bits per heavy atom. The number of hydrogen-bond acceptors (Lipinski definition) is 4. The van der Waals surface area contributed by atoms with Crippen LogP contribution in [-0.2, 0) is 17.6 Å². The molecular weight excluding hydrogens is 450 g/mol. The molecule has 5 aromatic rings. The first-order valence-corrected chi connectivity index (χ1v) is 12.6. The third kappa shape index (κ3) is 3.79. The second kappa shape index (κ2) is 9.11. The van der Waals surface area contributed by atoms with Gasteiger partial charge in [-0.05, 0) is 61.9 Å². The second-order valence-corrected chi connectivity index (χ2v) is 9.31. The fourth-order valence-corrected chi connectivity index (χ4v) is 5.27. The van der Waals surface area contributed by atoms with E-state index in [4.69, 9.17) is 4.74 Å². The van der Waals surface area contributed by atoms with Gasteiger partial charge in [-0.2, -0.15) is 0 Å². The zero-order valence-corrected chi connectivity index (χ0v) is 20.2. The summed E-state index contributed by atoms with van der Waals surface area (Å²) in [7, 11) is 0. The zero-order valence-electron chi connectivity index (χ0n) is 20.2. The number of carbonyl (C=O) groups excluding carboxylic acids is 2. The van der Waals surface area contributed by atoms with Crippen molar-refractivity contribution in [1.82, 2.24) is 14.5 Å². The smallest absolute Gasteiger partial charge is 0.338 e. The topological polar surface area (TPSA) is 77.0 Å². The number of imidazole rings is 1. The van der Waals surface area contributed by atoms with Crippen molar-refractivity contribution >= 4 is 33.8 Å². The molecule has 3 aromatic carbocycles. The van der Waals surface area contributed by atoms with Crippen LogP contribution in [0.2, 0.25) is 0 Å². The van der Waals surface area contributed by atoms with E-state index in [9.17, 15) is 9.59 Å². The molecule has 6 rings (SSSR count). The number of benzene rings is 3. The number of para-hydroxylation sites is 1. The maximum Gasteiger partial charge on any atom is 0.338 e. The quantitative estimate of drug-likeness (QED) is 0.300. The fourth-order valence-electron chi connectivity index (χ4n) is 5.27. The highest BCUT2D eigenvalue weighted by Gasteiger charge is 2.29. The van der Waals surface area contributed by atoms with Gasteiger partial charge in [-0.25, -0.2) is 9.78 Å². The Morgan fingerprint density at radius 3 is 2.61 bits per heavy atom. The van der Waals surface area contributed by atoms with Gasteiger partial charge in [0.15, 0.2) is 6.10 Å². The van der Waals surface area contributed by atoms with Crippen LogP contribution in [0.3, 0.4) is 0 Å². The van der Waals surface area contributed by atoms with Gasteiger partial charge in [0.05, 0.1) is 22.1 Å². The summed E-state index contributed by atoms with van der Waals surface area (Å²) in [4.78, 5) is 34.8. The number of ether oxygens (including phenoxy) is 1. The summed E-state index contributed by atoms with van der Waals surface area (Å²) < 4.78 is 7.61. The number of hydrogen-bond donors (Lipinski definition) is 1. The SMILES string of the molecule is CCC(OC(=O)c1ccc2nc(-c3ccccc3)[nH]c2c1)C(=O)n1c2c(c3ccccc31)CCCC2. The molecule has 1 N–H and O–H groups in total. The highest BCUT2D eigenvalue weighted by molar-refractivity contribution is 6.00. The molecule has 2 heterocycles. The van der Waals surface area contributed by atoms with Crippen LogP contribution in [0.5, 0.6) is 0 Å². The van der Waals surface area contributed by atoms with Crippen molar-refractivity contribution in [3.63, 3.8) is 0 Å². The highest BCUT2D eigenvalue weighted by Crippen LogP contribution is 2.33. The van der Waals surface area contributed by atoms with Crippen molar-refractivity contribution in [3.8, 4) is 11.4 Å². The van der Waals surface area contributed by atoms with Crippen molar-refractivity contribution < 1.29 is 14.3 Å². The van der Waals surface area contributed by atoms with Crippen molar-refractivity contribution in [2.75, 3.05) is 0 Å². The lowest BCUT2D eigenvalue weighted by atomic mass is 9.95. The summed E-state index contributed by atoms with van der Waals surface area (Å²) in [6.07, 6.45) is 3.56. The number of H-pyrrole nitrogens is 1. The first-order chi connectivity index (χ1) is 17.6. The first-order valence-electron chi connectivity index (χ1n) is 12.6. The minimum Gasteiger partial charge on any atom is -0.449 e. The van der Waals surface area contributed by atoms with Crippen molar-refractivity contribution in [2.24, 2.45) is 0 Å². The summed E-state index contributed by atoms with van der Waals surface area (Å²) in [5.74, 6) is 0.0412. The molecule has 6 heteroatoms. The van der Waals surface area contributed by atoms with Crippen molar-refractivity contribution in [1.29, 1.82) is 0 Å². The maximum absolute atomic E-state index is 13.7. The van der Waals surface area contributed by atoms with E-state index >= 15 is 0 Å². The summed E-state index contributed by atoms with van der Waals surface area (Å²) >= 11 is 0. The molecule has 6 nitrogen and oxygen atoms in total. The second-order valence-electron chi connectivity index (χ2n) is 9.31. The molecule has 36 heavy (non-hydrogen) atoms. The highest BCUT2D eigenvalue weighted by atomic mass is 16.5. The van der Waals surface area contributed by atoms with E-state index in [0.717, 1.165) is 64.7 Å². The molecule has 180 valence electrons. The number of aromatic nitrogens is 3. The lowest BCUT2D eigenvalue weighted by Crippen LogP contribution is -2.32. The fraction of sp³-hybridized carbons (Fsp3) is 0.233. The number of nitrogens with one attached hydrogen (secondary N) is 1. The standard InChI is InChI=1S/C30H27N3O3/c1-2-27(29(34)33-25-14-8-6-12-21(25)22-13-7-9-15-26(22)33)36-30(35)20-16-17-23-24(18-20)32-28(31-23)19-10-4-3-5-11-19/h3-6,8,10-12,14,16-18,27H,2,7,9,13,15H2,1H3,(H,31,32). The van der Waals surface area contributed by atoms with Gasteiger partial charge in [0.1, 0.15) is 5.82 Å². The van der Waals surface area contributed by atoms with Crippen LogP contribution in [0, 0.1) is 0 Å². The minimum atomic E-state index is -0.864. The van der Waals surface area contributed by atoms with Crippen LogP contribution in [0.1, 0.15) is 52.6 Å². The normalized spacial score (nSPS) is 14.0. The molecule has 2 aromatic heterocycles. The third-order valence-electron chi connectivity index (χ3n) is 7.06. The average Bonchev–Trinajstić information content (AvgIpc) is 3.51. The van der Waals surface area contributed by atoms with Crippen LogP contribution < -0.4 is 0 Å². The van der Waals surface area contributed by atoms with E-state index in [2.05, 4.69) is 16.0 Å². The van der Waals surface area contributed by atoms with Crippen molar-refractivity contribution in [2.45, 2.75) is 45.1 Å². The molecule has 0 saturated heterocycles. The number of aryl methyl sites for hydroxylation is 1. The van der Waals surface area contributed by atoms with Crippen LogP contribution in [0.4, 0.5) is 0 Å². The number of aromatic amines is 1. The monoisotopic (exact) mass is 477 g/mol. The van der Waals surface area contributed by atoms with E-state index in [1.807, 2.05) is 55.5 Å². The molecular formula is C30H27N3O3. The van der Waals surface area contributed by atoms with E-state index in [0.29, 0.717) is 12.0 Å². The van der Waals surface area contributed by atoms with E-state index in [-0.39, 0.29) is 5.91 Å². The Hall–Kier alpha value is -4.19. The van der Waals surface area contributed by atoms with Gasteiger partial charge in [-0.3, -0.25) is 9.36 Å². The summed E-state index contributed by atoms with van der Waals surface area (Å²) in [6, 6.07) is 23.1. The summed E-state index contributed by atoms with van der Waals surface area (Å²) in [6.45, 7) is 1.87. The van der Waals surface area contributed by atoms with Crippen LogP contribution in [0.15, 0.2) is 72.8 Å². The number of rotatable bonds is 5. The molecule has 1 unspecified atom stereocenters. The molecule has 0 spiro atoms. The van der Waals surface area contributed by atoms with Crippen LogP contribution in [-0.4, -0.2) is 32.5 Å². The first kappa shape index (κ1) is 22.3. The number of nitrogens with zero attached hydrogens (tertiary/aromatic N) is 2. The number of carbonyl (C=O) groups is 2. The molecule has 1 aliphatic rings. The third-order valence-corrected chi connectivity index (χ3v) is 7.06. The largest absolute Gasteiger partial charge is 0.449 e. The van der Waals surface area contributed by atoms with Gasteiger partial charge >= 0.3 is 5.97 Å². The van der Waals surface area contributed by atoms with E-state index in [1.165, 1.54) is 5.56 Å². The molecule has 1 aliphatic carbocycles. The van der Waals surface area contributed by atoms with Gasteiger partial charge in [0.2, 0.25) is 0 Å². The Labute approximate surface area is 208 Å². The van der Waals surface area contributed by atoms with Crippen LogP contribution >= 0.6 is 0 Å². The van der Waals surface area contributed by atoms with E-state index in [1.54, 1.807) is 22.8 Å². The van der Waals surface area contributed by atoms with Gasteiger partial charge < -0.3 is 9.72 Å². The Morgan fingerprint density at radius 1 is 1.00 bits per heavy atom. The van der Waals surface area contributed by atoms with Gasteiger partial charge in [0.25, 0.3) is 5.91 Å². The molecule has 0 fully saturated rings. The summed E-state index contributed by atoms with van der Waals surface area (Å²) in [5.41, 5.74) is 6.08. The lowest BCUT2D eigenvalue weighted by molar-refractivity contribution is 0.0241. The molecule has 0 amide bonds. The number of fused-ring (bicyclic) bond motifs is 4. The van der Waals surface area contributed by atoms with Gasteiger partial charge in [0, 0.05) is 16.6 Å². The molecule has 0 aliphatic heterocycles. The molecule has 0 bridgehead atoms. The lowest BCUT2D eigenvalue weighted by Gasteiger charge is -2.20. The Balaban J connectivity index is 1.29. The minimum absolute atomic E-state index is 0.181. The zero-order chi connectivity index (χ0) is 24.6. The predicted molar refractivity (Wildman–Crippen MR) is 140 cm³/mol. The molecule has 0 saturated carbocycles. The average molecular weight is 478 g/mol. The number of esters is 1. The maximum atomic E-state index is 13.7.